The number of nitrogens with one attached hydrogen (secondary N) is 1. The minimum absolute atomic E-state index is 0.186. The van der Waals surface area contributed by atoms with Gasteiger partial charge in [-0.1, -0.05) is 30.3 Å². The van der Waals surface area contributed by atoms with Crippen LogP contribution in [0, 0.1) is 0 Å². The predicted molar refractivity (Wildman–Crippen MR) is 109 cm³/mol. The highest BCUT2D eigenvalue weighted by Gasteiger charge is 2.16. The van der Waals surface area contributed by atoms with Crippen LogP contribution in [0.4, 0.5) is 4.79 Å². The lowest BCUT2D eigenvalue weighted by atomic mass is 10.2. The van der Waals surface area contributed by atoms with E-state index in [1.807, 2.05) is 55.5 Å². The van der Waals surface area contributed by atoms with Crippen molar-refractivity contribution >= 4 is 28.0 Å². The lowest BCUT2D eigenvalue weighted by Gasteiger charge is -2.10. The van der Waals surface area contributed by atoms with Crippen molar-refractivity contribution in [3.63, 3.8) is 0 Å². The van der Waals surface area contributed by atoms with E-state index in [1.54, 1.807) is 6.20 Å². The first-order valence-corrected chi connectivity index (χ1v) is 9.20. The molecule has 148 valence electrons. The van der Waals surface area contributed by atoms with Crippen LogP contribution in [0.2, 0.25) is 0 Å². The summed E-state index contributed by atoms with van der Waals surface area (Å²) in [4.78, 5) is 20.2. The molecule has 0 aliphatic carbocycles. The molecule has 0 aliphatic heterocycles. The molecular weight excluding hydrogens is 372 g/mol. The lowest BCUT2D eigenvalue weighted by molar-refractivity contribution is 0.126. The molecule has 2 aromatic carbocycles. The maximum absolute atomic E-state index is 11.3. The SMILES string of the molecule is CCOCc1nc2cnc3cc(OCc4ccccc4)ccc3c2n1NC(=O)O. The van der Waals surface area contributed by atoms with E-state index in [2.05, 4.69) is 15.4 Å². The fraction of sp³-hybridized carbons (Fsp3) is 0.190. The van der Waals surface area contributed by atoms with Gasteiger partial charge in [-0.3, -0.25) is 4.98 Å². The summed E-state index contributed by atoms with van der Waals surface area (Å²) >= 11 is 0. The maximum atomic E-state index is 11.3. The number of aromatic nitrogens is 3. The van der Waals surface area contributed by atoms with E-state index in [0.29, 0.717) is 41.3 Å². The molecule has 4 rings (SSSR count). The minimum atomic E-state index is -1.19. The normalized spacial score (nSPS) is 11.1. The zero-order chi connectivity index (χ0) is 20.2. The minimum Gasteiger partial charge on any atom is -0.489 e. The molecule has 29 heavy (non-hydrogen) atoms. The van der Waals surface area contributed by atoms with E-state index in [-0.39, 0.29) is 6.61 Å². The smallest absolute Gasteiger partial charge is 0.424 e. The van der Waals surface area contributed by atoms with Gasteiger partial charge in [-0.15, -0.1) is 0 Å². The maximum Gasteiger partial charge on any atom is 0.424 e. The van der Waals surface area contributed by atoms with Gasteiger partial charge in [-0.05, 0) is 24.6 Å². The number of imidazole rings is 1. The number of benzene rings is 2. The number of carbonyl (C=O) groups is 1. The molecule has 4 aromatic rings. The van der Waals surface area contributed by atoms with Gasteiger partial charge in [0.1, 0.15) is 30.0 Å². The second-order valence-corrected chi connectivity index (χ2v) is 6.36. The van der Waals surface area contributed by atoms with Gasteiger partial charge in [0.25, 0.3) is 0 Å². The standard InChI is InChI=1S/C21H20N4O4/c1-2-28-13-19-23-18-11-22-17-10-15(29-12-14-6-4-3-5-7-14)8-9-16(17)20(18)25(19)24-21(26)27/h3-11,24H,2,12-13H2,1H3,(H,26,27). The van der Waals surface area contributed by atoms with Gasteiger partial charge in [0.05, 0.1) is 11.7 Å². The molecule has 0 unspecified atom stereocenters. The van der Waals surface area contributed by atoms with Crippen LogP contribution in [0.15, 0.2) is 54.7 Å². The number of nitrogens with zero attached hydrogens (tertiary/aromatic N) is 3. The van der Waals surface area contributed by atoms with Crippen LogP contribution in [0.25, 0.3) is 21.9 Å². The van der Waals surface area contributed by atoms with Crippen LogP contribution < -0.4 is 10.2 Å². The molecule has 0 aliphatic rings. The third-order valence-electron chi connectivity index (χ3n) is 4.42. The molecular formula is C21H20N4O4. The van der Waals surface area contributed by atoms with Gasteiger partial charge in [-0.25, -0.2) is 19.9 Å². The fourth-order valence-electron chi connectivity index (χ4n) is 3.12. The Labute approximate surface area is 166 Å². The summed E-state index contributed by atoms with van der Waals surface area (Å²) in [6.07, 6.45) is 0.434. The Balaban J connectivity index is 1.72. The summed E-state index contributed by atoms with van der Waals surface area (Å²) in [5.41, 5.74) is 5.35. The largest absolute Gasteiger partial charge is 0.489 e. The summed E-state index contributed by atoms with van der Waals surface area (Å²) in [5, 5.41) is 10.0. The molecule has 2 aromatic heterocycles. The van der Waals surface area contributed by atoms with E-state index in [9.17, 15) is 9.90 Å². The molecule has 0 bridgehead atoms. The van der Waals surface area contributed by atoms with Crippen molar-refractivity contribution in [1.29, 1.82) is 0 Å². The Bertz CT molecular complexity index is 1160. The highest BCUT2D eigenvalue weighted by Crippen LogP contribution is 2.27. The second-order valence-electron chi connectivity index (χ2n) is 6.36. The van der Waals surface area contributed by atoms with Crippen LogP contribution in [0.1, 0.15) is 18.3 Å². The van der Waals surface area contributed by atoms with Crippen molar-refractivity contribution < 1.29 is 19.4 Å². The molecule has 2 heterocycles. The topological polar surface area (TPSA) is 98.5 Å². The van der Waals surface area contributed by atoms with Crippen LogP contribution in [0.3, 0.4) is 0 Å². The van der Waals surface area contributed by atoms with Gasteiger partial charge in [-0.2, -0.15) is 0 Å². The highest BCUT2D eigenvalue weighted by molar-refractivity contribution is 6.03. The number of pyridine rings is 1. The summed E-state index contributed by atoms with van der Waals surface area (Å²) in [6.45, 7) is 3.00. The third kappa shape index (κ3) is 3.97. The van der Waals surface area contributed by atoms with Crippen molar-refractivity contribution in [3.8, 4) is 5.75 Å². The molecule has 0 spiro atoms. The number of ether oxygens (including phenoxy) is 2. The zero-order valence-corrected chi connectivity index (χ0v) is 15.8. The molecule has 8 nitrogen and oxygen atoms in total. The molecule has 2 N–H and O–H groups in total. The first kappa shape index (κ1) is 18.7. The van der Waals surface area contributed by atoms with Gasteiger partial charge in [0.15, 0.2) is 5.82 Å². The molecule has 0 saturated heterocycles. The number of rotatable bonds is 7. The summed E-state index contributed by atoms with van der Waals surface area (Å²) in [7, 11) is 0. The Morgan fingerprint density at radius 1 is 1.14 bits per heavy atom. The number of carboxylic acid groups (broad SMARTS) is 1. The van der Waals surface area contributed by atoms with Crippen molar-refractivity contribution in [2.24, 2.45) is 0 Å². The molecule has 0 saturated carbocycles. The first-order valence-electron chi connectivity index (χ1n) is 9.20. The molecule has 0 atom stereocenters. The van der Waals surface area contributed by atoms with E-state index < -0.39 is 6.09 Å². The number of hydrogen-bond acceptors (Lipinski definition) is 5. The Morgan fingerprint density at radius 2 is 1.97 bits per heavy atom. The summed E-state index contributed by atoms with van der Waals surface area (Å²) in [6, 6.07) is 15.4. The van der Waals surface area contributed by atoms with Crippen molar-refractivity contribution in [2.45, 2.75) is 20.1 Å². The van der Waals surface area contributed by atoms with Gasteiger partial charge < -0.3 is 14.6 Å². The van der Waals surface area contributed by atoms with Crippen molar-refractivity contribution in [2.75, 3.05) is 12.0 Å². The lowest BCUT2D eigenvalue weighted by Crippen LogP contribution is -2.23. The van der Waals surface area contributed by atoms with Gasteiger partial charge in [0, 0.05) is 18.1 Å². The van der Waals surface area contributed by atoms with Gasteiger partial charge >= 0.3 is 6.09 Å². The zero-order valence-electron chi connectivity index (χ0n) is 15.8. The highest BCUT2D eigenvalue weighted by atomic mass is 16.5. The monoisotopic (exact) mass is 392 g/mol. The van der Waals surface area contributed by atoms with Crippen LogP contribution in [0.5, 0.6) is 5.75 Å². The second kappa shape index (κ2) is 8.15. The van der Waals surface area contributed by atoms with Crippen molar-refractivity contribution in [3.05, 3.63) is 66.1 Å². The third-order valence-corrected chi connectivity index (χ3v) is 4.42. The molecule has 0 fully saturated rings. The van der Waals surface area contributed by atoms with E-state index in [0.717, 1.165) is 10.9 Å². The van der Waals surface area contributed by atoms with Gasteiger partial charge in [0.2, 0.25) is 0 Å². The number of hydrogen-bond donors (Lipinski definition) is 2. The van der Waals surface area contributed by atoms with Crippen LogP contribution >= 0.6 is 0 Å². The summed E-state index contributed by atoms with van der Waals surface area (Å²) in [5.74, 6) is 1.14. The predicted octanol–water partition coefficient (Wildman–Crippen LogP) is 3.92. The van der Waals surface area contributed by atoms with Crippen LogP contribution in [-0.2, 0) is 18.0 Å². The fourth-order valence-corrected chi connectivity index (χ4v) is 3.12. The van der Waals surface area contributed by atoms with Crippen molar-refractivity contribution in [1.82, 2.24) is 14.6 Å². The molecule has 1 amide bonds. The van der Waals surface area contributed by atoms with E-state index >= 15 is 0 Å². The van der Waals surface area contributed by atoms with Crippen LogP contribution in [-0.4, -0.2) is 32.5 Å². The average molecular weight is 392 g/mol. The Hall–Kier alpha value is -3.65. The Morgan fingerprint density at radius 3 is 2.72 bits per heavy atom. The molecule has 0 radical (unpaired) electrons. The average Bonchev–Trinajstić information content (AvgIpc) is 3.08. The number of fused-ring (bicyclic) bond motifs is 3. The van der Waals surface area contributed by atoms with E-state index in [4.69, 9.17) is 9.47 Å². The quantitative estimate of drug-likeness (QED) is 0.495. The first-order chi connectivity index (χ1) is 14.2. The number of amides is 1. The molecule has 8 heteroatoms. The summed E-state index contributed by atoms with van der Waals surface area (Å²) < 4.78 is 12.7. The van der Waals surface area contributed by atoms with E-state index in [1.165, 1.54) is 4.68 Å². The Kier molecular flexibility index (Phi) is 5.26.